The maximum atomic E-state index is 12.4. The van der Waals surface area contributed by atoms with Crippen LogP contribution in [-0.2, 0) is 4.79 Å². The van der Waals surface area contributed by atoms with Gasteiger partial charge in [0.15, 0.2) is 0 Å². The van der Waals surface area contributed by atoms with Crippen LogP contribution >= 0.6 is 0 Å². The quantitative estimate of drug-likeness (QED) is 0.724. The number of para-hydroxylation sites is 1. The van der Waals surface area contributed by atoms with Crippen molar-refractivity contribution in [1.29, 1.82) is 0 Å². The molecule has 132 valence electrons. The third-order valence-electron chi connectivity index (χ3n) is 3.89. The molecule has 4 N–H and O–H groups in total. The van der Waals surface area contributed by atoms with Crippen molar-refractivity contribution in [3.05, 3.63) is 60.2 Å². The molecule has 1 atom stereocenters. The number of urea groups is 1. The Morgan fingerprint density at radius 1 is 1.08 bits per heavy atom. The normalized spacial score (nSPS) is 11.4. The molecular weight excluding hydrogens is 316 g/mol. The van der Waals surface area contributed by atoms with Crippen LogP contribution in [0, 0.1) is 0 Å². The van der Waals surface area contributed by atoms with E-state index in [9.17, 15) is 9.59 Å². The Kier molecular flexibility index (Phi) is 6.39. The maximum absolute atomic E-state index is 12.4. The first-order valence-corrected chi connectivity index (χ1v) is 8.25. The van der Waals surface area contributed by atoms with Crippen molar-refractivity contribution in [2.45, 2.75) is 19.9 Å². The van der Waals surface area contributed by atoms with Crippen molar-refractivity contribution < 1.29 is 9.59 Å². The number of anilines is 2. The van der Waals surface area contributed by atoms with Gasteiger partial charge in [0.1, 0.15) is 0 Å². The number of likely N-dealkylation sites (N-methyl/N-ethyl adjacent to an activating group) is 1. The number of hydrogen-bond donors (Lipinski definition) is 3. The van der Waals surface area contributed by atoms with Gasteiger partial charge < -0.3 is 21.3 Å². The molecule has 3 amide bonds. The minimum Gasteiger partial charge on any atom is -0.363 e. The summed E-state index contributed by atoms with van der Waals surface area (Å²) in [4.78, 5) is 25.2. The van der Waals surface area contributed by atoms with Gasteiger partial charge in [-0.3, -0.25) is 4.79 Å². The van der Waals surface area contributed by atoms with Crippen LogP contribution in [0.5, 0.6) is 0 Å². The first kappa shape index (κ1) is 18.3. The minimum absolute atomic E-state index is 0.0439. The molecule has 0 aromatic heterocycles. The van der Waals surface area contributed by atoms with Gasteiger partial charge in [0, 0.05) is 17.9 Å². The van der Waals surface area contributed by atoms with Crippen molar-refractivity contribution in [2.75, 3.05) is 23.3 Å². The average molecular weight is 340 g/mol. The lowest BCUT2D eigenvalue weighted by atomic mass is 10.1. The molecule has 2 aromatic rings. The molecular formula is C19H24N4O2. The molecule has 0 bridgehead atoms. The Balaban J connectivity index is 1.94. The summed E-state index contributed by atoms with van der Waals surface area (Å²) in [5, 5.41) is 5.51. The number of nitrogens with zero attached hydrogens (tertiary/aromatic N) is 1. The molecule has 0 aliphatic carbocycles. The molecule has 0 fully saturated rings. The number of carbonyl (C=O) groups excluding carboxylic acids is 2. The molecule has 2 rings (SSSR count). The van der Waals surface area contributed by atoms with Gasteiger partial charge in [-0.15, -0.1) is 0 Å². The fourth-order valence-corrected chi connectivity index (χ4v) is 2.57. The predicted octanol–water partition coefficient (Wildman–Crippen LogP) is 2.88. The zero-order chi connectivity index (χ0) is 18.2. The molecule has 0 unspecified atom stereocenters. The van der Waals surface area contributed by atoms with Crippen LogP contribution < -0.4 is 21.3 Å². The zero-order valence-electron chi connectivity index (χ0n) is 14.5. The third-order valence-corrected chi connectivity index (χ3v) is 3.89. The summed E-state index contributed by atoms with van der Waals surface area (Å²) in [5.41, 5.74) is 7.68. The third kappa shape index (κ3) is 5.53. The summed E-state index contributed by atoms with van der Waals surface area (Å²) >= 11 is 0. The van der Waals surface area contributed by atoms with Crippen molar-refractivity contribution in [3.63, 3.8) is 0 Å². The van der Waals surface area contributed by atoms with E-state index in [-0.39, 0.29) is 11.9 Å². The van der Waals surface area contributed by atoms with Crippen LogP contribution in [0.1, 0.15) is 25.5 Å². The van der Waals surface area contributed by atoms with Gasteiger partial charge in [-0.05, 0) is 43.7 Å². The Bertz CT molecular complexity index is 701. The fourth-order valence-electron chi connectivity index (χ4n) is 2.57. The highest BCUT2D eigenvalue weighted by atomic mass is 16.2. The monoisotopic (exact) mass is 340 g/mol. The molecule has 25 heavy (non-hydrogen) atoms. The summed E-state index contributed by atoms with van der Waals surface area (Å²) in [5.74, 6) is -0.0439. The van der Waals surface area contributed by atoms with E-state index in [1.54, 1.807) is 12.1 Å². The van der Waals surface area contributed by atoms with Crippen molar-refractivity contribution in [3.8, 4) is 0 Å². The molecule has 0 aliphatic heterocycles. The van der Waals surface area contributed by atoms with E-state index in [1.165, 1.54) is 0 Å². The standard InChI is InChI=1S/C19H24N4O2/c1-3-23(17-7-5-4-6-8-17)13-18(24)21-14(2)15-9-11-16(12-10-15)22-19(20)25/h4-12,14H,3,13H2,1-2H3,(H,21,24)(H3,20,22,25)/t14-/m0/s1. The second-order valence-corrected chi connectivity index (χ2v) is 5.75. The molecule has 6 nitrogen and oxygen atoms in total. The highest BCUT2D eigenvalue weighted by molar-refractivity contribution is 5.87. The average Bonchev–Trinajstić information content (AvgIpc) is 2.60. The van der Waals surface area contributed by atoms with Crippen LogP contribution in [-0.4, -0.2) is 25.0 Å². The molecule has 0 radical (unpaired) electrons. The number of nitrogens with two attached hydrogens (primary N) is 1. The van der Waals surface area contributed by atoms with Gasteiger partial charge in [-0.25, -0.2) is 4.79 Å². The van der Waals surface area contributed by atoms with E-state index in [2.05, 4.69) is 10.6 Å². The second kappa shape index (κ2) is 8.73. The van der Waals surface area contributed by atoms with E-state index in [0.717, 1.165) is 17.8 Å². The molecule has 0 heterocycles. The topological polar surface area (TPSA) is 87.5 Å². The van der Waals surface area contributed by atoms with Crippen molar-refractivity contribution in [1.82, 2.24) is 5.32 Å². The molecule has 2 aromatic carbocycles. The number of rotatable bonds is 7. The summed E-state index contributed by atoms with van der Waals surface area (Å²) in [6.45, 7) is 4.99. The van der Waals surface area contributed by atoms with E-state index >= 15 is 0 Å². The summed E-state index contributed by atoms with van der Waals surface area (Å²) in [6, 6.07) is 16.3. The van der Waals surface area contributed by atoms with Gasteiger partial charge >= 0.3 is 6.03 Å². The van der Waals surface area contributed by atoms with Gasteiger partial charge in [-0.1, -0.05) is 30.3 Å². The van der Waals surface area contributed by atoms with Gasteiger partial charge in [0.05, 0.1) is 12.6 Å². The van der Waals surface area contributed by atoms with Crippen LogP contribution in [0.15, 0.2) is 54.6 Å². The molecule has 0 saturated heterocycles. The number of hydrogen-bond acceptors (Lipinski definition) is 3. The van der Waals surface area contributed by atoms with Gasteiger partial charge in [-0.2, -0.15) is 0 Å². The van der Waals surface area contributed by atoms with Crippen LogP contribution in [0.3, 0.4) is 0 Å². The Labute approximate surface area is 148 Å². The van der Waals surface area contributed by atoms with E-state index < -0.39 is 6.03 Å². The first-order chi connectivity index (χ1) is 12.0. The zero-order valence-corrected chi connectivity index (χ0v) is 14.5. The van der Waals surface area contributed by atoms with Crippen molar-refractivity contribution >= 4 is 23.3 Å². The number of benzene rings is 2. The molecule has 0 saturated carbocycles. The van der Waals surface area contributed by atoms with Crippen LogP contribution in [0.25, 0.3) is 0 Å². The predicted molar refractivity (Wildman–Crippen MR) is 101 cm³/mol. The molecule has 0 aliphatic rings. The highest BCUT2D eigenvalue weighted by Crippen LogP contribution is 2.17. The molecule has 0 spiro atoms. The smallest absolute Gasteiger partial charge is 0.316 e. The Morgan fingerprint density at radius 2 is 1.72 bits per heavy atom. The number of amides is 3. The summed E-state index contributed by atoms with van der Waals surface area (Å²) in [7, 11) is 0. The lowest BCUT2D eigenvalue weighted by Gasteiger charge is -2.24. The van der Waals surface area contributed by atoms with Crippen LogP contribution in [0.2, 0.25) is 0 Å². The van der Waals surface area contributed by atoms with Gasteiger partial charge in [0.25, 0.3) is 0 Å². The van der Waals surface area contributed by atoms with Crippen LogP contribution in [0.4, 0.5) is 16.2 Å². The summed E-state index contributed by atoms with van der Waals surface area (Å²) < 4.78 is 0. The molecule has 6 heteroatoms. The summed E-state index contributed by atoms with van der Waals surface area (Å²) in [6.07, 6.45) is 0. The lowest BCUT2D eigenvalue weighted by Crippen LogP contribution is -2.38. The fraction of sp³-hybridized carbons (Fsp3) is 0.263. The maximum Gasteiger partial charge on any atom is 0.316 e. The Morgan fingerprint density at radius 3 is 2.28 bits per heavy atom. The number of carbonyl (C=O) groups is 2. The minimum atomic E-state index is -0.602. The SMILES string of the molecule is CCN(CC(=O)N[C@@H](C)c1ccc(NC(N)=O)cc1)c1ccccc1. The van der Waals surface area contributed by atoms with E-state index in [1.807, 2.05) is 61.2 Å². The van der Waals surface area contributed by atoms with Gasteiger partial charge in [0.2, 0.25) is 5.91 Å². The first-order valence-electron chi connectivity index (χ1n) is 8.25. The largest absolute Gasteiger partial charge is 0.363 e. The Hall–Kier alpha value is -3.02. The number of primary amides is 1. The van der Waals surface area contributed by atoms with Crippen molar-refractivity contribution in [2.24, 2.45) is 5.73 Å². The van der Waals surface area contributed by atoms with E-state index in [0.29, 0.717) is 12.2 Å². The lowest BCUT2D eigenvalue weighted by molar-refractivity contribution is -0.120. The number of nitrogens with one attached hydrogen (secondary N) is 2. The second-order valence-electron chi connectivity index (χ2n) is 5.75. The highest BCUT2D eigenvalue weighted by Gasteiger charge is 2.13. The van der Waals surface area contributed by atoms with E-state index in [4.69, 9.17) is 5.73 Å².